The third-order valence-electron chi connectivity index (χ3n) is 4.78. The first-order valence-electron chi connectivity index (χ1n) is 9.29. The summed E-state index contributed by atoms with van der Waals surface area (Å²) >= 11 is 0. The van der Waals surface area contributed by atoms with Crippen molar-refractivity contribution in [3.05, 3.63) is 54.2 Å². The van der Waals surface area contributed by atoms with Crippen molar-refractivity contribution in [2.75, 3.05) is 31.1 Å². The van der Waals surface area contributed by atoms with Gasteiger partial charge in [0.15, 0.2) is 0 Å². The highest BCUT2D eigenvalue weighted by Crippen LogP contribution is 2.31. The maximum Gasteiger partial charge on any atom is 0.416 e. The van der Waals surface area contributed by atoms with Gasteiger partial charge in [-0.2, -0.15) is 18.0 Å². The van der Waals surface area contributed by atoms with E-state index in [1.165, 1.54) is 12.1 Å². The lowest BCUT2D eigenvalue weighted by molar-refractivity contribution is -0.137. The van der Waals surface area contributed by atoms with Gasteiger partial charge in [0.05, 0.1) is 5.56 Å². The molecule has 4 rings (SSSR count). The number of anilines is 1. The molecule has 0 atom stereocenters. The fraction of sp³-hybridized carbons (Fsp3) is 0.316. The number of piperazine rings is 1. The largest absolute Gasteiger partial charge is 0.416 e. The summed E-state index contributed by atoms with van der Waals surface area (Å²) in [5.74, 6) is 0.728. The summed E-state index contributed by atoms with van der Waals surface area (Å²) in [5, 5.41) is 11.7. The van der Waals surface area contributed by atoms with E-state index < -0.39 is 11.7 Å². The summed E-state index contributed by atoms with van der Waals surface area (Å²) in [6, 6.07) is 10.4. The van der Waals surface area contributed by atoms with Crippen LogP contribution in [0.2, 0.25) is 0 Å². The zero-order chi connectivity index (χ0) is 21.1. The Labute approximate surface area is 169 Å². The topological polar surface area (TPSA) is 80.0 Å². The molecule has 0 radical (unpaired) electrons. The first-order valence-corrected chi connectivity index (χ1v) is 9.29. The van der Waals surface area contributed by atoms with Gasteiger partial charge in [-0.15, -0.1) is 10.2 Å². The molecule has 0 spiro atoms. The van der Waals surface area contributed by atoms with Crippen molar-refractivity contribution in [3.8, 4) is 11.4 Å². The van der Waals surface area contributed by atoms with Crippen molar-refractivity contribution in [1.29, 1.82) is 0 Å². The fourth-order valence-electron chi connectivity index (χ4n) is 3.21. The van der Waals surface area contributed by atoms with E-state index in [2.05, 4.69) is 25.3 Å². The number of rotatable bonds is 4. The van der Waals surface area contributed by atoms with Crippen molar-refractivity contribution >= 4 is 11.7 Å². The van der Waals surface area contributed by atoms with Crippen LogP contribution in [0.1, 0.15) is 5.56 Å². The van der Waals surface area contributed by atoms with Crippen LogP contribution in [0, 0.1) is 0 Å². The van der Waals surface area contributed by atoms with E-state index in [1.54, 1.807) is 11.1 Å². The molecule has 1 saturated heterocycles. The van der Waals surface area contributed by atoms with Crippen LogP contribution in [0.15, 0.2) is 48.7 Å². The highest BCUT2D eigenvalue weighted by Gasteiger charge is 2.31. The minimum Gasteiger partial charge on any atom is -0.353 e. The first kappa shape index (κ1) is 19.8. The number of tetrazole rings is 1. The molecule has 11 heteroatoms. The van der Waals surface area contributed by atoms with Gasteiger partial charge in [-0.05, 0) is 29.5 Å². The minimum absolute atomic E-state index is 0.0360. The molecular weight excluding hydrogens is 399 g/mol. The van der Waals surface area contributed by atoms with Crippen molar-refractivity contribution in [1.82, 2.24) is 30.1 Å². The van der Waals surface area contributed by atoms with Gasteiger partial charge in [-0.3, -0.25) is 4.79 Å². The Kier molecular flexibility index (Phi) is 5.34. The van der Waals surface area contributed by atoms with Gasteiger partial charge in [-0.25, -0.2) is 4.98 Å². The van der Waals surface area contributed by atoms with Crippen LogP contribution >= 0.6 is 0 Å². The quantitative estimate of drug-likeness (QED) is 0.647. The molecule has 3 aromatic rings. The molecule has 0 unspecified atom stereocenters. The molecule has 1 amide bonds. The summed E-state index contributed by atoms with van der Waals surface area (Å²) in [5.41, 5.74) is -0.606. The standard InChI is InChI=1S/C19H18F3N7O/c20-19(21,22)15-5-3-4-14(12-15)18-24-26-29(25-18)13-17(30)28-10-8-27(9-11-28)16-6-1-2-7-23-16/h1-7,12H,8-11,13H2. The minimum atomic E-state index is -4.46. The smallest absolute Gasteiger partial charge is 0.353 e. The van der Waals surface area contributed by atoms with Crippen molar-refractivity contribution in [3.63, 3.8) is 0 Å². The average molecular weight is 417 g/mol. The lowest BCUT2D eigenvalue weighted by Crippen LogP contribution is -2.50. The Morgan fingerprint density at radius 1 is 1.03 bits per heavy atom. The van der Waals surface area contributed by atoms with E-state index in [1.807, 2.05) is 18.2 Å². The number of halogens is 3. The number of amides is 1. The van der Waals surface area contributed by atoms with E-state index in [9.17, 15) is 18.0 Å². The molecule has 0 N–H and O–H groups in total. The number of aromatic nitrogens is 5. The monoisotopic (exact) mass is 417 g/mol. The van der Waals surface area contributed by atoms with Gasteiger partial charge in [0.25, 0.3) is 0 Å². The van der Waals surface area contributed by atoms with Crippen molar-refractivity contribution in [2.24, 2.45) is 0 Å². The van der Waals surface area contributed by atoms with E-state index in [4.69, 9.17) is 0 Å². The van der Waals surface area contributed by atoms with Gasteiger partial charge in [0.2, 0.25) is 11.7 Å². The Balaban J connectivity index is 1.37. The number of hydrogen-bond acceptors (Lipinski definition) is 6. The number of hydrogen-bond donors (Lipinski definition) is 0. The third kappa shape index (κ3) is 4.39. The van der Waals surface area contributed by atoms with Crippen LogP contribution in [0.25, 0.3) is 11.4 Å². The number of carbonyl (C=O) groups is 1. The van der Waals surface area contributed by atoms with Gasteiger partial charge >= 0.3 is 6.18 Å². The molecule has 1 aliphatic heterocycles. The first-order chi connectivity index (χ1) is 14.4. The van der Waals surface area contributed by atoms with Gasteiger partial charge in [0, 0.05) is 37.9 Å². The molecule has 1 fully saturated rings. The van der Waals surface area contributed by atoms with E-state index in [0.29, 0.717) is 26.2 Å². The summed E-state index contributed by atoms with van der Waals surface area (Å²) in [6.45, 7) is 2.25. The predicted molar refractivity (Wildman–Crippen MR) is 101 cm³/mol. The Hall–Kier alpha value is -3.50. The number of benzene rings is 1. The zero-order valence-corrected chi connectivity index (χ0v) is 15.8. The second-order valence-electron chi connectivity index (χ2n) is 6.78. The molecule has 0 aliphatic carbocycles. The molecule has 3 heterocycles. The highest BCUT2D eigenvalue weighted by atomic mass is 19.4. The lowest BCUT2D eigenvalue weighted by atomic mass is 10.1. The van der Waals surface area contributed by atoms with E-state index >= 15 is 0 Å². The van der Waals surface area contributed by atoms with Crippen LogP contribution in [0.5, 0.6) is 0 Å². The molecule has 0 bridgehead atoms. The maximum absolute atomic E-state index is 12.9. The van der Waals surface area contributed by atoms with Gasteiger partial charge in [-0.1, -0.05) is 18.2 Å². The Morgan fingerprint density at radius 3 is 2.53 bits per heavy atom. The summed E-state index contributed by atoms with van der Waals surface area (Å²) in [6.07, 6.45) is -2.73. The Bertz CT molecular complexity index is 1010. The fourth-order valence-corrected chi connectivity index (χ4v) is 3.21. The SMILES string of the molecule is O=C(Cn1nnc(-c2cccc(C(F)(F)F)c2)n1)N1CCN(c2ccccn2)CC1. The predicted octanol–water partition coefficient (Wildman–Crippen LogP) is 2.10. The molecular formula is C19H18F3N7O. The van der Waals surface area contributed by atoms with E-state index in [-0.39, 0.29) is 23.8 Å². The third-order valence-corrected chi connectivity index (χ3v) is 4.78. The van der Waals surface area contributed by atoms with Crippen LogP contribution in [0.3, 0.4) is 0 Å². The number of pyridine rings is 1. The molecule has 0 saturated carbocycles. The number of alkyl halides is 3. The number of nitrogens with zero attached hydrogens (tertiary/aromatic N) is 7. The molecule has 30 heavy (non-hydrogen) atoms. The van der Waals surface area contributed by atoms with Crippen molar-refractivity contribution in [2.45, 2.75) is 12.7 Å². The normalized spacial score (nSPS) is 14.8. The van der Waals surface area contributed by atoms with E-state index in [0.717, 1.165) is 22.7 Å². The van der Waals surface area contributed by atoms with Gasteiger partial charge < -0.3 is 9.80 Å². The molecule has 8 nitrogen and oxygen atoms in total. The second kappa shape index (κ2) is 8.09. The summed E-state index contributed by atoms with van der Waals surface area (Å²) < 4.78 is 38.7. The highest BCUT2D eigenvalue weighted by molar-refractivity contribution is 5.76. The molecule has 2 aromatic heterocycles. The van der Waals surface area contributed by atoms with Crippen molar-refractivity contribution < 1.29 is 18.0 Å². The Morgan fingerprint density at radius 2 is 1.83 bits per heavy atom. The lowest BCUT2D eigenvalue weighted by Gasteiger charge is -2.35. The molecule has 1 aliphatic rings. The average Bonchev–Trinajstić information content (AvgIpc) is 3.22. The van der Waals surface area contributed by atoms with Crippen LogP contribution < -0.4 is 4.90 Å². The van der Waals surface area contributed by atoms with Gasteiger partial charge in [0.1, 0.15) is 12.4 Å². The number of carbonyl (C=O) groups excluding carboxylic acids is 1. The second-order valence-corrected chi connectivity index (χ2v) is 6.78. The van der Waals surface area contributed by atoms with Crippen LogP contribution in [-0.2, 0) is 17.5 Å². The summed E-state index contributed by atoms with van der Waals surface area (Å²) in [7, 11) is 0. The van der Waals surface area contributed by atoms with Crippen LogP contribution in [-0.4, -0.2) is 62.2 Å². The summed E-state index contributed by atoms with van der Waals surface area (Å²) in [4.78, 5) is 21.8. The zero-order valence-electron chi connectivity index (χ0n) is 15.8. The molecule has 1 aromatic carbocycles. The maximum atomic E-state index is 12.9. The van der Waals surface area contributed by atoms with Crippen LogP contribution in [0.4, 0.5) is 19.0 Å². The molecule has 156 valence electrons.